The SMILES string of the molecule is CNC(=O)C(C)CN(C)C(C)(C)CN. The second-order valence-electron chi connectivity index (χ2n) is 4.41. The molecule has 0 rings (SSSR count). The molecule has 1 unspecified atom stereocenters. The van der Waals surface area contributed by atoms with Crippen LogP contribution in [-0.2, 0) is 4.79 Å². The number of hydrogen-bond donors (Lipinski definition) is 2. The lowest BCUT2D eigenvalue weighted by Gasteiger charge is -2.35. The van der Waals surface area contributed by atoms with Gasteiger partial charge >= 0.3 is 0 Å². The van der Waals surface area contributed by atoms with E-state index in [0.717, 1.165) is 6.54 Å². The first-order valence-electron chi connectivity index (χ1n) is 4.98. The molecule has 0 spiro atoms. The van der Waals surface area contributed by atoms with Crippen LogP contribution in [-0.4, -0.2) is 43.5 Å². The van der Waals surface area contributed by atoms with Crippen molar-refractivity contribution >= 4 is 5.91 Å². The van der Waals surface area contributed by atoms with Gasteiger partial charge in [0.05, 0.1) is 0 Å². The molecule has 0 aromatic rings. The fourth-order valence-corrected chi connectivity index (χ4v) is 1.14. The van der Waals surface area contributed by atoms with E-state index in [-0.39, 0.29) is 17.4 Å². The number of nitrogens with one attached hydrogen (secondary N) is 1. The maximum absolute atomic E-state index is 11.3. The van der Waals surface area contributed by atoms with Gasteiger partial charge in [-0.25, -0.2) is 0 Å². The Kier molecular flexibility index (Phi) is 5.08. The fraction of sp³-hybridized carbons (Fsp3) is 0.900. The van der Waals surface area contributed by atoms with Crippen LogP contribution < -0.4 is 11.1 Å². The lowest BCUT2D eigenvalue weighted by Crippen LogP contribution is -2.50. The molecule has 1 amide bonds. The van der Waals surface area contributed by atoms with E-state index in [2.05, 4.69) is 24.1 Å². The second kappa shape index (κ2) is 5.32. The van der Waals surface area contributed by atoms with Crippen LogP contribution in [0.4, 0.5) is 0 Å². The summed E-state index contributed by atoms with van der Waals surface area (Å²) in [6, 6.07) is 0. The number of likely N-dealkylation sites (N-methyl/N-ethyl adjacent to an activating group) is 1. The van der Waals surface area contributed by atoms with Gasteiger partial charge in [-0.05, 0) is 20.9 Å². The Morgan fingerprint density at radius 2 is 2.07 bits per heavy atom. The summed E-state index contributed by atoms with van der Waals surface area (Å²) >= 11 is 0. The van der Waals surface area contributed by atoms with Crippen molar-refractivity contribution in [3.8, 4) is 0 Å². The normalized spacial score (nSPS) is 14.2. The van der Waals surface area contributed by atoms with E-state index in [1.165, 1.54) is 0 Å². The summed E-state index contributed by atoms with van der Waals surface area (Å²) in [4.78, 5) is 13.4. The first kappa shape index (κ1) is 13.4. The molecule has 4 nitrogen and oxygen atoms in total. The summed E-state index contributed by atoms with van der Waals surface area (Å²) in [5.41, 5.74) is 5.60. The summed E-state index contributed by atoms with van der Waals surface area (Å²) in [6.45, 7) is 7.38. The minimum atomic E-state index is -0.0533. The van der Waals surface area contributed by atoms with Gasteiger partial charge in [-0.1, -0.05) is 6.92 Å². The van der Waals surface area contributed by atoms with E-state index < -0.39 is 0 Å². The van der Waals surface area contributed by atoms with E-state index in [4.69, 9.17) is 5.73 Å². The lowest BCUT2D eigenvalue weighted by atomic mass is 10.0. The maximum Gasteiger partial charge on any atom is 0.223 e. The highest BCUT2D eigenvalue weighted by molar-refractivity contribution is 5.78. The Bertz CT molecular complexity index is 192. The van der Waals surface area contributed by atoms with Gasteiger partial charge in [-0.15, -0.1) is 0 Å². The average Bonchev–Trinajstić information content (AvgIpc) is 2.16. The Labute approximate surface area is 86.8 Å². The van der Waals surface area contributed by atoms with Crippen LogP contribution in [0.5, 0.6) is 0 Å². The van der Waals surface area contributed by atoms with Crippen LogP contribution in [0.3, 0.4) is 0 Å². The highest BCUT2D eigenvalue weighted by Gasteiger charge is 2.24. The zero-order valence-electron chi connectivity index (χ0n) is 9.92. The number of carbonyl (C=O) groups is 1. The molecule has 0 fully saturated rings. The van der Waals surface area contributed by atoms with Crippen LogP contribution in [0.2, 0.25) is 0 Å². The molecule has 0 aliphatic heterocycles. The molecule has 0 aromatic carbocycles. The number of hydrogen-bond acceptors (Lipinski definition) is 3. The fourth-order valence-electron chi connectivity index (χ4n) is 1.14. The highest BCUT2D eigenvalue weighted by atomic mass is 16.1. The topological polar surface area (TPSA) is 58.4 Å². The molecule has 14 heavy (non-hydrogen) atoms. The molecule has 84 valence electrons. The zero-order valence-corrected chi connectivity index (χ0v) is 9.92. The molecule has 0 saturated heterocycles. The van der Waals surface area contributed by atoms with Gasteiger partial charge in [0.25, 0.3) is 0 Å². The van der Waals surface area contributed by atoms with E-state index in [1.54, 1.807) is 7.05 Å². The monoisotopic (exact) mass is 201 g/mol. The lowest BCUT2D eigenvalue weighted by molar-refractivity contribution is -0.124. The Morgan fingerprint density at radius 1 is 1.57 bits per heavy atom. The molecule has 0 aliphatic carbocycles. The van der Waals surface area contributed by atoms with Crippen LogP contribution in [0, 0.1) is 5.92 Å². The van der Waals surface area contributed by atoms with Crippen molar-refractivity contribution in [2.24, 2.45) is 11.7 Å². The van der Waals surface area contributed by atoms with Gasteiger partial charge in [0, 0.05) is 31.6 Å². The summed E-state index contributed by atoms with van der Waals surface area (Å²) in [5, 5.41) is 2.64. The van der Waals surface area contributed by atoms with Crippen LogP contribution in [0.25, 0.3) is 0 Å². The van der Waals surface area contributed by atoms with E-state index in [1.807, 2.05) is 14.0 Å². The Morgan fingerprint density at radius 3 is 2.43 bits per heavy atom. The minimum absolute atomic E-state index is 0.00387. The van der Waals surface area contributed by atoms with Crippen molar-refractivity contribution in [2.45, 2.75) is 26.3 Å². The predicted octanol–water partition coefficient (Wildman–Crippen LogP) is 0.0376. The Balaban J connectivity index is 4.18. The third kappa shape index (κ3) is 3.64. The summed E-state index contributed by atoms with van der Waals surface area (Å²) < 4.78 is 0. The quantitative estimate of drug-likeness (QED) is 0.660. The van der Waals surface area contributed by atoms with Gasteiger partial charge in [0.1, 0.15) is 0 Å². The molecule has 0 aliphatic rings. The van der Waals surface area contributed by atoms with Gasteiger partial charge in [0.2, 0.25) is 5.91 Å². The predicted molar refractivity (Wildman–Crippen MR) is 59.0 cm³/mol. The van der Waals surface area contributed by atoms with Crippen molar-refractivity contribution in [2.75, 3.05) is 27.2 Å². The number of carbonyl (C=O) groups excluding carboxylic acids is 1. The van der Waals surface area contributed by atoms with Crippen molar-refractivity contribution in [3.05, 3.63) is 0 Å². The zero-order chi connectivity index (χ0) is 11.4. The number of amides is 1. The van der Waals surface area contributed by atoms with Gasteiger partial charge < -0.3 is 11.1 Å². The van der Waals surface area contributed by atoms with Crippen LogP contribution in [0.15, 0.2) is 0 Å². The second-order valence-corrected chi connectivity index (χ2v) is 4.41. The van der Waals surface area contributed by atoms with E-state index >= 15 is 0 Å². The molecule has 3 N–H and O–H groups in total. The van der Waals surface area contributed by atoms with Crippen molar-refractivity contribution in [1.29, 1.82) is 0 Å². The third-order valence-corrected chi connectivity index (χ3v) is 2.77. The molecular formula is C10H23N3O. The van der Waals surface area contributed by atoms with Crippen molar-refractivity contribution < 1.29 is 4.79 Å². The van der Waals surface area contributed by atoms with Crippen molar-refractivity contribution in [3.63, 3.8) is 0 Å². The molecule has 0 bridgehead atoms. The number of nitrogens with zero attached hydrogens (tertiary/aromatic N) is 1. The largest absolute Gasteiger partial charge is 0.359 e. The molecule has 1 atom stereocenters. The molecule has 0 radical (unpaired) electrons. The molecule has 0 saturated carbocycles. The first-order chi connectivity index (χ1) is 6.35. The van der Waals surface area contributed by atoms with Crippen LogP contribution >= 0.6 is 0 Å². The minimum Gasteiger partial charge on any atom is -0.359 e. The summed E-state index contributed by atoms with van der Waals surface area (Å²) in [6.07, 6.45) is 0. The van der Waals surface area contributed by atoms with Crippen molar-refractivity contribution in [1.82, 2.24) is 10.2 Å². The molecule has 0 heterocycles. The third-order valence-electron chi connectivity index (χ3n) is 2.77. The molecule has 4 heteroatoms. The summed E-state index contributed by atoms with van der Waals surface area (Å²) in [5.74, 6) is 0.0699. The van der Waals surface area contributed by atoms with E-state index in [0.29, 0.717) is 6.54 Å². The Hall–Kier alpha value is -0.610. The maximum atomic E-state index is 11.3. The average molecular weight is 201 g/mol. The number of nitrogens with two attached hydrogens (primary N) is 1. The molecule has 0 aromatic heterocycles. The molecular weight excluding hydrogens is 178 g/mol. The van der Waals surface area contributed by atoms with Gasteiger partial charge in [0.15, 0.2) is 0 Å². The van der Waals surface area contributed by atoms with Crippen LogP contribution in [0.1, 0.15) is 20.8 Å². The van der Waals surface area contributed by atoms with Gasteiger partial charge in [-0.2, -0.15) is 0 Å². The first-order valence-corrected chi connectivity index (χ1v) is 4.98. The van der Waals surface area contributed by atoms with E-state index in [9.17, 15) is 4.79 Å². The standard InChI is InChI=1S/C10H23N3O/c1-8(9(14)12-4)6-13(5)10(2,3)7-11/h8H,6-7,11H2,1-5H3,(H,12,14). The number of rotatable bonds is 5. The van der Waals surface area contributed by atoms with Gasteiger partial charge in [-0.3, -0.25) is 9.69 Å². The smallest absolute Gasteiger partial charge is 0.223 e. The summed E-state index contributed by atoms with van der Waals surface area (Å²) in [7, 11) is 3.65. The highest BCUT2D eigenvalue weighted by Crippen LogP contribution is 2.12.